The second-order valence-electron chi connectivity index (χ2n) is 7.04. The number of para-hydroxylation sites is 2. The molecule has 2 aromatic heterocycles. The number of fused-ring (bicyclic) bond motifs is 1. The number of carbonyl (C=O) groups excluding carboxylic acids is 2. The molecule has 2 heterocycles. The van der Waals surface area contributed by atoms with Gasteiger partial charge >= 0.3 is 5.97 Å². The number of hydrogen-bond donors (Lipinski definition) is 1. The van der Waals surface area contributed by atoms with Gasteiger partial charge in [-0.05, 0) is 55.3 Å². The maximum Gasteiger partial charge on any atom is 0.339 e. The first kappa shape index (κ1) is 20.3. The van der Waals surface area contributed by atoms with Crippen molar-refractivity contribution >= 4 is 28.8 Å². The fraction of sp³-hybridized carbons (Fsp3) is 0.167. The third kappa shape index (κ3) is 4.45. The van der Waals surface area contributed by atoms with E-state index in [1.165, 1.54) is 0 Å². The van der Waals surface area contributed by atoms with Gasteiger partial charge in [0.25, 0.3) is 5.91 Å². The third-order valence-electron chi connectivity index (χ3n) is 4.75. The van der Waals surface area contributed by atoms with Gasteiger partial charge < -0.3 is 14.5 Å². The van der Waals surface area contributed by atoms with Crippen LogP contribution in [0.25, 0.3) is 22.6 Å². The highest BCUT2D eigenvalue weighted by Crippen LogP contribution is 2.27. The molecule has 0 bridgehead atoms. The van der Waals surface area contributed by atoms with Crippen LogP contribution in [-0.4, -0.2) is 27.9 Å². The van der Waals surface area contributed by atoms with E-state index in [1.807, 2.05) is 37.3 Å². The molecule has 0 aliphatic rings. The number of pyridine rings is 1. The fourth-order valence-electron chi connectivity index (χ4n) is 3.16. The number of ether oxygens (including phenoxy) is 1. The molecule has 0 fully saturated rings. The largest absolute Gasteiger partial charge is 0.449 e. The summed E-state index contributed by atoms with van der Waals surface area (Å²) < 4.78 is 11.3. The number of esters is 1. The summed E-state index contributed by atoms with van der Waals surface area (Å²) >= 11 is 0. The second-order valence-corrected chi connectivity index (χ2v) is 7.04. The summed E-state index contributed by atoms with van der Waals surface area (Å²) in [7, 11) is 0. The highest BCUT2D eigenvalue weighted by Gasteiger charge is 2.25. The number of nitrogens with zero attached hydrogens (tertiary/aromatic N) is 2. The molecule has 0 aliphatic heterocycles. The molecule has 1 atom stereocenters. The Morgan fingerprint density at radius 3 is 2.65 bits per heavy atom. The molecule has 4 aromatic rings. The summed E-state index contributed by atoms with van der Waals surface area (Å²) in [6.45, 7) is 3.67. The lowest BCUT2D eigenvalue weighted by Gasteiger charge is -2.16. The van der Waals surface area contributed by atoms with Crippen LogP contribution in [0.1, 0.15) is 29.3 Å². The Labute approximate surface area is 179 Å². The van der Waals surface area contributed by atoms with E-state index in [9.17, 15) is 9.59 Å². The molecule has 1 unspecified atom stereocenters. The lowest BCUT2D eigenvalue weighted by atomic mass is 10.1. The van der Waals surface area contributed by atoms with Crippen molar-refractivity contribution in [1.82, 2.24) is 9.97 Å². The smallest absolute Gasteiger partial charge is 0.339 e. The summed E-state index contributed by atoms with van der Waals surface area (Å²) in [5.74, 6) is -0.341. The Bertz CT molecular complexity index is 1220. The quantitative estimate of drug-likeness (QED) is 0.456. The topological polar surface area (TPSA) is 94.3 Å². The average molecular weight is 415 g/mol. The zero-order valence-electron chi connectivity index (χ0n) is 17.2. The number of benzene rings is 2. The van der Waals surface area contributed by atoms with Gasteiger partial charge in [0.15, 0.2) is 11.7 Å². The zero-order chi connectivity index (χ0) is 21.8. The summed E-state index contributed by atoms with van der Waals surface area (Å²) in [6, 6.07) is 17.8. The SMILES string of the molecule is CCC(OC(=O)c1ccccc1-c1nc2ccccc2o1)C(=O)Nc1cc(C)ccn1. The van der Waals surface area contributed by atoms with Crippen molar-refractivity contribution in [3.63, 3.8) is 0 Å². The first-order valence-electron chi connectivity index (χ1n) is 9.94. The van der Waals surface area contributed by atoms with Crippen LogP contribution < -0.4 is 5.32 Å². The van der Waals surface area contributed by atoms with Gasteiger partial charge in [-0.15, -0.1) is 0 Å². The van der Waals surface area contributed by atoms with Gasteiger partial charge in [-0.25, -0.2) is 14.8 Å². The number of aromatic nitrogens is 2. The number of amides is 1. The molecule has 7 nitrogen and oxygen atoms in total. The highest BCUT2D eigenvalue weighted by atomic mass is 16.5. The fourth-order valence-corrected chi connectivity index (χ4v) is 3.16. The minimum Gasteiger partial charge on any atom is -0.449 e. The molecule has 0 saturated heterocycles. The van der Waals surface area contributed by atoms with Crippen LogP contribution in [0.4, 0.5) is 5.82 Å². The first-order chi connectivity index (χ1) is 15.0. The standard InChI is InChI=1S/C24H21N3O4/c1-3-19(22(28)27-21-14-15(2)12-13-25-21)31-24(29)17-9-5-4-8-16(17)23-26-18-10-6-7-11-20(18)30-23/h4-14,19H,3H2,1-2H3,(H,25,27,28). The Balaban J connectivity index is 1.55. The van der Waals surface area contributed by atoms with Crippen LogP contribution in [0.15, 0.2) is 71.3 Å². The van der Waals surface area contributed by atoms with E-state index in [2.05, 4.69) is 15.3 Å². The molecule has 4 rings (SSSR count). The molecule has 0 aliphatic carbocycles. The Hall–Kier alpha value is -4.00. The monoisotopic (exact) mass is 415 g/mol. The summed E-state index contributed by atoms with van der Waals surface area (Å²) in [5.41, 5.74) is 3.05. The van der Waals surface area contributed by atoms with Gasteiger partial charge in [0.2, 0.25) is 5.89 Å². The number of oxazole rings is 1. The molecule has 1 N–H and O–H groups in total. The molecule has 31 heavy (non-hydrogen) atoms. The van der Waals surface area contributed by atoms with E-state index in [0.717, 1.165) is 5.56 Å². The van der Waals surface area contributed by atoms with Crippen LogP contribution in [0.5, 0.6) is 0 Å². The highest BCUT2D eigenvalue weighted by molar-refractivity contribution is 6.00. The summed E-state index contributed by atoms with van der Waals surface area (Å²) in [5, 5.41) is 2.70. The van der Waals surface area contributed by atoms with E-state index in [0.29, 0.717) is 34.8 Å². The normalized spacial score (nSPS) is 11.8. The lowest BCUT2D eigenvalue weighted by molar-refractivity contribution is -0.124. The summed E-state index contributed by atoms with van der Waals surface area (Å²) in [6.07, 6.45) is 0.953. The molecule has 0 saturated carbocycles. The number of aryl methyl sites for hydroxylation is 1. The second kappa shape index (κ2) is 8.79. The van der Waals surface area contributed by atoms with E-state index in [-0.39, 0.29) is 5.56 Å². The van der Waals surface area contributed by atoms with E-state index >= 15 is 0 Å². The number of nitrogens with one attached hydrogen (secondary N) is 1. The van der Waals surface area contributed by atoms with Crippen molar-refractivity contribution in [2.45, 2.75) is 26.4 Å². The maximum atomic E-state index is 12.9. The van der Waals surface area contributed by atoms with Crippen molar-refractivity contribution in [2.75, 3.05) is 5.32 Å². The molecule has 7 heteroatoms. The van der Waals surface area contributed by atoms with Crippen LogP contribution in [0.3, 0.4) is 0 Å². The van der Waals surface area contributed by atoms with Crippen LogP contribution in [-0.2, 0) is 9.53 Å². The van der Waals surface area contributed by atoms with Crippen molar-refractivity contribution < 1.29 is 18.7 Å². The van der Waals surface area contributed by atoms with Gasteiger partial charge in [-0.2, -0.15) is 0 Å². The molecule has 1 amide bonds. The van der Waals surface area contributed by atoms with E-state index < -0.39 is 18.0 Å². The average Bonchev–Trinajstić information content (AvgIpc) is 3.21. The maximum absolute atomic E-state index is 12.9. The number of carbonyl (C=O) groups is 2. The number of anilines is 1. The van der Waals surface area contributed by atoms with E-state index in [1.54, 1.807) is 43.5 Å². The van der Waals surface area contributed by atoms with Crippen molar-refractivity contribution in [3.05, 3.63) is 78.0 Å². The molecule has 0 radical (unpaired) electrons. The predicted molar refractivity (Wildman–Crippen MR) is 117 cm³/mol. The van der Waals surface area contributed by atoms with Crippen molar-refractivity contribution in [3.8, 4) is 11.5 Å². The van der Waals surface area contributed by atoms with Crippen LogP contribution >= 0.6 is 0 Å². The molecule has 2 aromatic carbocycles. The Morgan fingerprint density at radius 1 is 1.10 bits per heavy atom. The minimum absolute atomic E-state index is 0.272. The molecular weight excluding hydrogens is 394 g/mol. The minimum atomic E-state index is -0.966. The van der Waals surface area contributed by atoms with Crippen LogP contribution in [0.2, 0.25) is 0 Å². The first-order valence-corrected chi connectivity index (χ1v) is 9.94. The van der Waals surface area contributed by atoms with Gasteiger partial charge in [0.05, 0.1) is 11.1 Å². The lowest BCUT2D eigenvalue weighted by Crippen LogP contribution is -2.32. The van der Waals surface area contributed by atoms with Crippen LogP contribution in [0, 0.1) is 6.92 Å². The Morgan fingerprint density at radius 2 is 1.87 bits per heavy atom. The molecule has 0 spiro atoms. The van der Waals surface area contributed by atoms with E-state index in [4.69, 9.17) is 9.15 Å². The van der Waals surface area contributed by atoms with Gasteiger partial charge in [0, 0.05) is 6.20 Å². The molecule has 156 valence electrons. The summed E-state index contributed by atoms with van der Waals surface area (Å²) in [4.78, 5) is 34.2. The van der Waals surface area contributed by atoms with Crippen molar-refractivity contribution in [1.29, 1.82) is 0 Å². The van der Waals surface area contributed by atoms with Crippen molar-refractivity contribution in [2.24, 2.45) is 0 Å². The van der Waals surface area contributed by atoms with Gasteiger partial charge in [-0.3, -0.25) is 4.79 Å². The van der Waals surface area contributed by atoms with Gasteiger partial charge in [0.1, 0.15) is 11.3 Å². The van der Waals surface area contributed by atoms with Gasteiger partial charge in [-0.1, -0.05) is 31.2 Å². The predicted octanol–water partition coefficient (Wildman–Crippen LogP) is 4.77. The Kier molecular flexibility index (Phi) is 5.75. The third-order valence-corrected chi connectivity index (χ3v) is 4.75. The molecular formula is C24H21N3O4. The zero-order valence-corrected chi connectivity index (χ0v) is 17.2. The number of hydrogen-bond acceptors (Lipinski definition) is 6. The number of rotatable bonds is 6.